The van der Waals surface area contributed by atoms with Gasteiger partial charge in [-0.1, -0.05) is 140 Å². The molecule has 1 rings (SSSR count). The van der Waals surface area contributed by atoms with E-state index in [-0.39, 0.29) is 12.2 Å². The molecule has 2 atom stereocenters. The number of rotatable bonds is 28. The molecule has 3 heteroatoms. The molecule has 3 nitrogen and oxygen atoms in total. The van der Waals surface area contributed by atoms with Gasteiger partial charge in [0.25, 0.3) is 0 Å². The maximum atomic E-state index is 6.45. The summed E-state index contributed by atoms with van der Waals surface area (Å²) in [6.45, 7) is 8.23. The zero-order chi connectivity index (χ0) is 31.6. The third-order valence-corrected chi connectivity index (χ3v) is 8.90. The largest absolute Gasteiger partial charge is 0.374 e. The number of likely N-dealkylation sites (N-methyl/N-ethyl adjacent to an activating group) is 1. The van der Waals surface area contributed by atoms with Crippen LogP contribution in [0.15, 0.2) is 48.6 Å². The molecule has 256 valence electrons. The third kappa shape index (κ3) is 27.2. The van der Waals surface area contributed by atoms with Gasteiger partial charge < -0.3 is 14.4 Å². The number of unbranched alkanes of at least 4 members (excludes halogenated alkanes) is 16. The normalized spacial score (nSPS) is 19.1. The number of nitrogens with zero attached hydrogens (tertiary/aromatic N) is 1. The van der Waals surface area contributed by atoms with Crippen molar-refractivity contribution < 1.29 is 9.47 Å². The summed E-state index contributed by atoms with van der Waals surface area (Å²) in [5.41, 5.74) is 0. The summed E-state index contributed by atoms with van der Waals surface area (Å²) in [6, 6.07) is 0. The first-order chi connectivity index (χ1) is 21.8. The summed E-state index contributed by atoms with van der Waals surface area (Å²) in [5, 5.41) is 0. The van der Waals surface area contributed by atoms with Gasteiger partial charge in [0.2, 0.25) is 0 Å². The second kappa shape index (κ2) is 33.2. The van der Waals surface area contributed by atoms with Crippen molar-refractivity contribution in [2.75, 3.05) is 33.4 Å². The Kier molecular flexibility index (Phi) is 30.8. The van der Waals surface area contributed by atoms with Crippen LogP contribution in [0.3, 0.4) is 0 Å². The zero-order valence-corrected chi connectivity index (χ0v) is 29.8. The van der Waals surface area contributed by atoms with E-state index in [0.717, 1.165) is 52.0 Å². The Morgan fingerprint density at radius 3 is 1.18 bits per heavy atom. The maximum Gasteiger partial charge on any atom is 0.0837 e. The zero-order valence-electron chi connectivity index (χ0n) is 29.8. The number of hydrogen-bond acceptors (Lipinski definition) is 3. The molecule has 0 aromatic rings. The standard InChI is InChI=1S/C41H75NO2/c1-4-6-8-10-12-14-16-18-20-22-24-26-28-30-32-34-40-41(44-39-37-42(3)36-38-43-40)35-33-31-29-27-25-23-21-19-17-15-13-11-9-7-5-2/h12-15,18-21,40-41H,4-11,16-17,22-39H2,1-3H3/b14-12-,15-13-,20-18-,21-19-. The minimum absolute atomic E-state index is 0.269. The van der Waals surface area contributed by atoms with E-state index >= 15 is 0 Å². The van der Waals surface area contributed by atoms with Crippen LogP contribution >= 0.6 is 0 Å². The van der Waals surface area contributed by atoms with Crippen molar-refractivity contribution in [2.45, 2.75) is 180 Å². The lowest BCUT2D eigenvalue weighted by Gasteiger charge is -2.27. The van der Waals surface area contributed by atoms with Crippen molar-refractivity contribution in [1.82, 2.24) is 4.90 Å². The Labute approximate surface area is 276 Å². The quantitative estimate of drug-likeness (QED) is 0.0647. The fraction of sp³-hybridized carbons (Fsp3) is 0.805. The van der Waals surface area contributed by atoms with Crippen LogP contribution in [0.25, 0.3) is 0 Å². The fourth-order valence-corrected chi connectivity index (χ4v) is 5.90. The van der Waals surface area contributed by atoms with E-state index < -0.39 is 0 Å². The van der Waals surface area contributed by atoms with Crippen molar-refractivity contribution in [1.29, 1.82) is 0 Å². The highest BCUT2D eigenvalue weighted by Gasteiger charge is 2.24. The average Bonchev–Trinajstić information content (AvgIpc) is 3.11. The van der Waals surface area contributed by atoms with E-state index in [9.17, 15) is 0 Å². The number of ether oxygens (including phenoxy) is 2. The van der Waals surface area contributed by atoms with Crippen molar-refractivity contribution in [2.24, 2.45) is 0 Å². The Hall–Kier alpha value is -1.16. The van der Waals surface area contributed by atoms with E-state index in [2.05, 4.69) is 74.4 Å². The van der Waals surface area contributed by atoms with Crippen LogP contribution in [0.4, 0.5) is 0 Å². The summed E-state index contributed by atoms with van der Waals surface area (Å²) in [7, 11) is 2.18. The maximum absolute atomic E-state index is 6.45. The second-order valence-corrected chi connectivity index (χ2v) is 13.2. The molecule has 2 unspecified atom stereocenters. The lowest BCUT2D eigenvalue weighted by Crippen LogP contribution is -2.32. The highest BCUT2D eigenvalue weighted by Crippen LogP contribution is 2.21. The van der Waals surface area contributed by atoms with Crippen LogP contribution in [-0.4, -0.2) is 50.5 Å². The first-order valence-electron chi connectivity index (χ1n) is 19.3. The topological polar surface area (TPSA) is 21.7 Å². The smallest absolute Gasteiger partial charge is 0.0837 e. The molecular formula is C41H75NO2. The van der Waals surface area contributed by atoms with Crippen molar-refractivity contribution in [3.8, 4) is 0 Å². The second-order valence-electron chi connectivity index (χ2n) is 13.2. The molecule has 0 amide bonds. The predicted molar refractivity (Wildman–Crippen MR) is 196 cm³/mol. The Balaban J connectivity index is 2.16. The molecular weight excluding hydrogens is 538 g/mol. The van der Waals surface area contributed by atoms with E-state index in [1.807, 2.05) is 0 Å². The van der Waals surface area contributed by atoms with Gasteiger partial charge in [-0.3, -0.25) is 0 Å². The van der Waals surface area contributed by atoms with Gasteiger partial charge in [-0.15, -0.1) is 0 Å². The molecule has 0 aliphatic carbocycles. The highest BCUT2D eigenvalue weighted by molar-refractivity contribution is 4.93. The molecule has 44 heavy (non-hydrogen) atoms. The monoisotopic (exact) mass is 614 g/mol. The lowest BCUT2D eigenvalue weighted by molar-refractivity contribution is -0.0719. The van der Waals surface area contributed by atoms with E-state index in [1.54, 1.807) is 0 Å². The van der Waals surface area contributed by atoms with Crippen LogP contribution in [-0.2, 0) is 9.47 Å². The number of hydrogen-bond donors (Lipinski definition) is 0. The van der Waals surface area contributed by atoms with Gasteiger partial charge in [0.1, 0.15) is 0 Å². The molecule has 0 spiro atoms. The predicted octanol–water partition coefficient (Wildman–Crippen LogP) is 12.3. The fourth-order valence-electron chi connectivity index (χ4n) is 5.90. The van der Waals surface area contributed by atoms with Crippen molar-refractivity contribution in [3.05, 3.63) is 48.6 Å². The first kappa shape index (κ1) is 40.9. The molecule has 0 radical (unpaired) electrons. The Morgan fingerprint density at radius 2 is 0.795 bits per heavy atom. The molecule has 1 heterocycles. The minimum atomic E-state index is 0.269. The Bertz CT molecular complexity index is 639. The first-order valence-corrected chi connectivity index (χ1v) is 19.3. The van der Waals surface area contributed by atoms with Crippen molar-refractivity contribution in [3.63, 3.8) is 0 Å². The SMILES string of the molecule is CCCCC/C=C\C/C=C\CCCCCCCC1OCCN(C)CCOC1CCCCCCC/C=C\C/C=C\CCCCC. The van der Waals surface area contributed by atoms with E-state index in [0.29, 0.717) is 0 Å². The molecule has 0 saturated carbocycles. The van der Waals surface area contributed by atoms with E-state index in [4.69, 9.17) is 9.47 Å². The van der Waals surface area contributed by atoms with Gasteiger partial charge in [-0.25, -0.2) is 0 Å². The minimum Gasteiger partial charge on any atom is -0.374 e. The van der Waals surface area contributed by atoms with Crippen LogP contribution in [0.5, 0.6) is 0 Å². The highest BCUT2D eigenvalue weighted by atomic mass is 16.5. The summed E-state index contributed by atoms with van der Waals surface area (Å²) in [5.74, 6) is 0. The van der Waals surface area contributed by atoms with Gasteiger partial charge in [-0.2, -0.15) is 0 Å². The summed E-state index contributed by atoms with van der Waals surface area (Å²) >= 11 is 0. The van der Waals surface area contributed by atoms with Crippen molar-refractivity contribution >= 4 is 0 Å². The summed E-state index contributed by atoms with van der Waals surface area (Å²) < 4.78 is 12.9. The van der Waals surface area contributed by atoms with Gasteiger partial charge >= 0.3 is 0 Å². The van der Waals surface area contributed by atoms with Crippen LogP contribution in [0.2, 0.25) is 0 Å². The molecule has 1 aliphatic heterocycles. The van der Waals surface area contributed by atoms with Gasteiger partial charge in [-0.05, 0) is 84.1 Å². The van der Waals surface area contributed by atoms with Crippen LogP contribution in [0.1, 0.15) is 168 Å². The molecule has 1 aliphatic rings. The van der Waals surface area contributed by atoms with Crippen LogP contribution in [0, 0.1) is 0 Å². The van der Waals surface area contributed by atoms with Crippen LogP contribution < -0.4 is 0 Å². The summed E-state index contributed by atoms with van der Waals surface area (Å²) in [6.07, 6.45) is 50.0. The van der Waals surface area contributed by atoms with Gasteiger partial charge in [0.05, 0.1) is 25.4 Å². The lowest BCUT2D eigenvalue weighted by atomic mass is 9.99. The Morgan fingerprint density at radius 1 is 0.455 bits per heavy atom. The molecule has 1 saturated heterocycles. The summed E-state index contributed by atoms with van der Waals surface area (Å²) in [4.78, 5) is 2.34. The van der Waals surface area contributed by atoms with E-state index in [1.165, 1.54) is 128 Å². The molecule has 1 fully saturated rings. The molecule has 0 aromatic heterocycles. The average molecular weight is 614 g/mol. The molecule has 0 aromatic carbocycles. The van der Waals surface area contributed by atoms with Gasteiger partial charge in [0, 0.05) is 13.1 Å². The molecule has 0 bridgehead atoms. The number of allylic oxidation sites excluding steroid dienone is 8. The molecule has 0 N–H and O–H groups in total. The third-order valence-electron chi connectivity index (χ3n) is 8.90. The van der Waals surface area contributed by atoms with Gasteiger partial charge in [0.15, 0.2) is 0 Å².